The zero-order chi connectivity index (χ0) is 19.6. The van der Waals surface area contributed by atoms with E-state index in [1.807, 2.05) is 40.1 Å². The predicted octanol–water partition coefficient (Wildman–Crippen LogP) is 4.88. The van der Waals surface area contributed by atoms with E-state index >= 15 is 0 Å². The van der Waals surface area contributed by atoms with Crippen molar-refractivity contribution in [2.75, 3.05) is 24.5 Å². The molecule has 4 nitrogen and oxygen atoms in total. The first-order valence-electron chi connectivity index (χ1n) is 10.7. The maximum absolute atomic E-state index is 12.6. The summed E-state index contributed by atoms with van der Waals surface area (Å²) in [5.74, 6) is 0.990. The van der Waals surface area contributed by atoms with E-state index in [0.717, 1.165) is 51.0 Å². The van der Waals surface area contributed by atoms with Crippen molar-refractivity contribution in [1.82, 2.24) is 4.90 Å². The van der Waals surface area contributed by atoms with Crippen LogP contribution in [0.5, 0.6) is 0 Å². The maximum Gasteiger partial charge on any atom is 0.230 e. The number of carbonyl (C=O) groups excluding carboxylic acids is 2. The number of benzene rings is 1. The van der Waals surface area contributed by atoms with Crippen molar-refractivity contribution in [1.29, 1.82) is 0 Å². The Hall–Kier alpha value is -1.84. The summed E-state index contributed by atoms with van der Waals surface area (Å²) < 4.78 is 0. The van der Waals surface area contributed by atoms with Crippen LogP contribution < -0.4 is 4.90 Å². The topological polar surface area (TPSA) is 40.6 Å². The molecular weight excluding hydrogens is 336 g/mol. The van der Waals surface area contributed by atoms with E-state index in [9.17, 15) is 9.59 Å². The molecule has 0 bridgehead atoms. The molecule has 1 saturated heterocycles. The number of hydrogen-bond acceptors (Lipinski definition) is 2. The number of carbonyl (C=O) groups is 2. The second-order valence-corrected chi connectivity index (χ2v) is 7.89. The fraction of sp³-hybridized carbons (Fsp3) is 0.652. The lowest BCUT2D eigenvalue weighted by molar-refractivity contribution is -0.130. The number of likely N-dealkylation sites (tertiary alicyclic amines) is 1. The molecule has 1 atom stereocenters. The van der Waals surface area contributed by atoms with Crippen LogP contribution in [-0.2, 0) is 9.59 Å². The fourth-order valence-electron chi connectivity index (χ4n) is 3.59. The van der Waals surface area contributed by atoms with Crippen LogP contribution in [0, 0.1) is 11.8 Å². The molecule has 2 aliphatic rings. The Morgan fingerprint density at radius 2 is 1.74 bits per heavy atom. The van der Waals surface area contributed by atoms with Crippen LogP contribution in [0.15, 0.2) is 30.3 Å². The van der Waals surface area contributed by atoms with Gasteiger partial charge >= 0.3 is 0 Å². The lowest BCUT2D eigenvalue weighted by atomic mass is 9.97. The summed E-state index contributed by atoms with van der Waals surface area (Å²) in [5.41, 5.74) is 0.986. The molecule has 1 saturated carbocycles. The van der Waals surface area contributed by atoms with Gasteiger partial charge in [-0.2, -0.15) is 0 Å². The van der Waals surface area contributed by atoms with E-state index in [1.54, 1.807) is 6.92 Å². The third kappa shape index (κ3) is 7.00. The minimum Gasteiger partial charge on any atom is -0.343 e. The molecule has 0 aromatic heterocycles. The smallest absolute Gasteiger partial charge is 0.230 e. The summed E-state index contributed by atoms with van der Waals surface area (Å²) in [7, 11) is 0. The highest BCUT2D eigenvalue weighted by Gasteiger charge is 2.35. The molecule has 1 heterocycles. The number of piperidine rings is 1. The van der Waals surface area contributed by atoms with Crippen LogP contribution in [0.25, 0.3) is 0 Å². The number of nitrogens with zero attached hydrogens (tertiary/aromatic N) is 2. The van der Waals surface area contributed by atoms with Gasteiger partial charge in [0.2, 0.25) is 11.8 Å². The minimum atomic E-state index is 0.143. The Balaban J connectivity index is 0.000000465. The molecule has 0 radical (unpaired) electrons. The van der Waals surface area contributed by atoms with Gasteiger partial charge in [-0.25, -0.2) is 0 Å². The number of anilines is 1. The lowest BCUT2D eigenvalue weighted by Gasteiger charge is -2.35. The van der Waals surface area contributed by atoms with Gasteiger partial charge in [-0.15, -0.1) is 0 Å². The molecule has 2 amide bonds. The van der Waals surface area contributed by atoms with E-state index in [-0.39, 0.29) is 17.7 Å². The second kappa shape index (κ2) is 11.1. The number of hydrogen-bond donors (Lipinski definition) is 0. The largest absolute Gasteiger partial charge is 0.343 e. The van der Waals surface area contributed by atoms with Crippen molar-refractivity contribution in [3.63, 3.8) is 0 Å². The Kier molecular flexibility index (Phi) is 8.83. The Bertz CT molecular complexity index is 581. The molecule has 0 N–H and O–H groups in total. The molecule has 2 fully saturated rings. The van der Waals surface area contributed by atoms with Crippen molar-refractivity contribution < 1.29 is 9.59 Å². The fourth-order valence-corrected chi connectivity index (χ4v) is 3.59. The van der Waals surface area contributed by atoms with Crippen LogP contribution in [0.3, 0.4) is 0 Å². The van der Waals surface area contributed by atoms with Gasteiger partial charge in [-0.1, -0.05) is 51.3 Å². The van der Waals surface area contributed by atoms with Crippen molar-refractivity contribution >= 4 is 17.5 Å². The quantitative estimate of drug-likeness (QED) is 0.714. The minimum absolute atomic E-state index is 0.143. The Morgan fingerprint density at radius 3 is 2.26 bits per heavy atom. The third-order valence-corrected chi connectivity index (χ3v) is 5.37. The summed E-state index contributed by atoms with van der Waals surface area (Å²) in [6.45, 7) is 8.41. The standard InChI is InChI=1S/C18H24N2O2.C5H12/c1-14(21)19-11-5-6-15(12-19)13-20(18(22)16-9-10-16)17-7-3-2-4-8-17;1-3-5-4-2/h2-4,7-8,15-16H,5-6,9-13H2,1H3;3-5H2,1-2H3. The van der Waals surface area contributed by atoms with Crippen LogP contribution in [0.1, 0.15) is 65.7 Å². The molecule has 27 heavy (non-hydrogen) atoms. The molecule has 1 aliphatic heterocycles. The highest BCUT2D eigenvalue weighted by atomic mass is 16.2. The van der Waals surface area contributed by atoms with E-state index in [1.165, 1.54) is 19.3 Å². The van der Waals surface area contributed by atoms with E-state index in [2.05, 4.69) is 13.8 Å². The van der Waals surface area contributed by atoms with Crippen LogP contribution in [0.4, 0.5) is 5.69 Å². The highest BCUT2D eigenvalue weighted by molar-refractivity contribution is 5.96. The normalized spacial score (nSPS) is 19.1. The molecule has 3 rings (SSSR count). The number of amides is 2. The average molecular weight is 373 g/mol. The first-order valence-corrected chi connectivity index (χ1v) is 10.7. The van der Waals surface area contributed by atoms with E-state index < -0.39 is 0 Å². The molecule has 0 spiro atoms. The van der Waals surface area contributed by atoms with Crippen molar-refractivity contribution in [2.24, 2.45) is 11.8 Å². The zero-order valence-electron chi connectivity index (χ0n) is 17.3. The van der Waals surface area contributed by atoms with Gasteiger partial charge in [0.15, 0.2) is 0 Å². The molecule has 150 valence electrons. The van der Waals surface area contributed by atoms with Crippen LogP contribution in [0.2, 0.25) is 0 Å². The van der Waals surface area contributed by atoms with Gasteiger partial charge in [0.1, 0.15) is 0 Å². The molecule has 1 aromatic rings. The molecule has 4 heteroatoms. The SMILES string of the molecule is CC(=O)N1CCCC(CN(C(=O)C2CC2)c2ccccc2)C1.CCCCC. The number of rotatable bonds is 6. The van der Waals surface area contributed by atoms with Crippen LogP contribution >= 0.6 is 0 Å². The van der Waals surface area contributed by atoms with E-state index in [4.69, 9.17) is 0 Å². The van der Waals surface area contributed by atoms with Gasteiger partial charge in [-0.05, 0) is 43.7 Å². The van der Waals surface area contributed by atoms with E-state index in [0.29, 0.717) is 5.92 Å². The lowest BCUT2D eigenvalue weighted by Crippen LogP contribution is -2.45. The number of unbranched alkanes of at least 4 members (excludes halogenated alkanes) is 2. The highest BCUT2D eigenvalue weighted by Crippen LogP contribution is 2.33. The summed E-state index contributed by atoms with van der Waals surface area (Å²) in [6.07, 6.45) is 8.24. The second-order valence-electron chi connectivity index (χ2n) is 7.89. The summed E-state index contributed by atoms with van der Waals surface area (Å²) in [6, 6.07) is 9.94. The summed E-state index contributed by atoms with van der Waals surface area (Å²) >= 11 is 0. The molecule has 1 unspecified atom stereocenters. The third-order valence-electron chi connectivity index (χ3n) is 5.37. The first kappa shape index (κ1) is 21.5. The Morgan fingerprint density at radius 1 is 1.07 bits per heavy atom. The summed E-state index contributed by atoms with van der Waals surface area (Å²) in [5, 5.41) is 0. The monoisotopic (exact) mass is 372 g/mol. The number of para-hydroxylation sites is 1. The van der Waals surface area contributed by atoms with Crippen molar-refractivity contribution in [3.05, 3.63) is 30.3 Å². The van der Waals surface area contributed by atoms with Gasteiger partial charge in [0.25, 0.3) is 0 Å². The maximum atomic E-state index is 12.6. The van der Waals surface area contributed by atoms with Gasteiger partial charge in [0, 0.05) is 38.2 Å². The van der Waals surface area contributed by atoms with Gasteiger partial charge in [-0.3, -0.25) is 9.59 Å². The summed E-state index contributed by atoms with van der Waals surface area (Å²) in [4.78, 5) is 28.1. The zero-order valence-corrected chi connectivity index (χ0v) is 17.3. The Labute approximate surface area is 164 Å². The van der Waals surface area contributed by atoms with Gasteiger partial charge in [0.05, 0.1) is 0 Å². The molecule has 1 aromatic carbocycles. The van der Waals surface area contributed by atoms with Gasteiger partial charge < -0.3 is 9.80 Å². The van der Waals surface area contributed by atoms with Crippen molar-refractivity contribution in [2.45, 2.75) is 65.7 Å². The predicted molar refractivity (Wildman–Crippen MR) is 112 cm³/mol. The van der Waals surface area contributed by atoms with Crippen molar-refractivity contribution in [3.8, 4) is 0 Å². The average Bonchev–Trinajstić information content (AvgIpc) is 3.53. The van der Waals surface area contributed by atoms with Crippen LogP contribution in [-0.4, -0.2) is 36.3 Å². The molecule has 1 aliphatic carbocycles. The first-order chi connectivity index (χ1) is 13.1. The molecular formula is C23H36N2O2.